The number of nitrogens with two attached hydrogens (primary N) is 1. The Bertz CT molecular complexity index is 616. The zero-order valence-corrected chi connectivity index (χ0v) is 11.6. The first kappa shape index (κ1) is 15.0. The van der Waals surface area contributed by atoms with Crippen molar-refractivity contribution in [2.45, 2.75) is 13.0 Å². The monoisotopic (exact) mass is 287 g/mol. The number of hydrogen-bond acceptors (Lipinski definition) is 2. The van der Waals surface area contributed by atoms with Gasteiger partial charge in [-0.15, -0.1) is 0 Å². The first-order valence-corrected chi connectivity index (χ1v) is 6.76. The van der Waals surface area contributed by atoms with Gasteiger partial charge in [0, 0.05) is 18.8 Å². The van der Waals surface area contributed by atoms with Crippen molar-refractivity contribution in [3.8, 4) is 0 Å². The highest BCUT2D eigenvalue weighted by atomic mass is 19.1. The molecule has 0 radical (unpaired) electrons. The molecule has 110 valence electrons. The molecule has 5 heteroatoms. The average molecular weight is 287 g/mol. The van der Waals surface area contributed by atoms with Gasteiger partial charge in [0.15, 0.2) is 0 Å². The first-order valence-electron chi connectivity index (χ1n) is 6.76. The summed E-state index contributed by atoms with van der Waals surface area (Å²) >= 11 is 0. The van der Waals surface area contributed by atoms with Crippen molar-refractivity contribution in [3.05, 3.63) is 65.5 Å². The highest BCUT2D eigenvalue weighted by Gasteiger charge is 2.04. The van der Waals surface area contributed by atoms with Crippen LogP contribution in [0, 0.1) is 5.82 Å². The summed E-state index contributed by atoms with van der Waals surface area (Å²) in [7, 11) is 0. The van der Waals surface area contributed by atoms with Gasteiger partial charge in [0.2, 0.25) is 0 Å². The largest absolute Gasteiger partial charge is 0.338 e. The van der Waals surface area contributed by atoms with Crippen LogP contribution in [0.25, 0.3) is 0 Å². The summed E-state index contributed by atoms with van der Waals surface area (Å²) in [6, 6.07) is 13.5. The molecule has 0 aromatic heterocycles. The van der Waals surface area contributed by atoms with Crippen LogP contribution in [-0.4, -0.2) is 12.6 Å². The Balaban J connectivity index is 1.81. The molecule has 0 heterocycles. The van der Waals surface area contributed by atoms with Gasteiger partial charge < -0.3 is 16.4 Å². The van der Waals surface area contributed by atoms with E-state index >= 15 is 0 Å². The third kappa shape index (κ3) is 4.57. The molecule has 0 atom stereocenters. The van der Waals surface area contributed by atoms with Crippen LogP contribution < -0.4 is 16.4 Å². The van der Waals surface area contributed by atoms with Crippen molar-refractivity contribution in [2.75, 3.05) is 11.9 Å². The molecule has 4 nitrogen and oxygen atoms in total. The summed E-state index contributed by atoms with van der Waals surface area (Å²) in [4.78, 5) is 11.7. The van der Waals surface area contributed by atoms with E-state index in [9.17, 15) is 9.18 Å². The lowest BCUT2D eigenvalue weighted by Gasteiger charge is -2.09. The Labute approximate surface area is 123 Å². The fourth-order valence-electron chi connectivity index (χ4n) is 1.96. The van der Waals surface area contributed by atoms with Gasteiger partial charge in [-0.05, 0) is 35.7 Å². The predicted octanol–water partition coefficient (Wildman–Crippen LogP) is 2.65. The van der Waals surface area contributed by atoms with E-state index in [0.29, 0.717) is 30.8 Å². The molecule has 0 aliphatic rings. The van der Waals surface area contributed by atoms with Crippen LogP contribution >= 0.6 is 0 Å². The van der Waals surface area contributed by atoms with Crippen molar-refractivity contribution in [3.63, 3.8) is 0 Å². The maximum Gasteiger partial charge on any atom is 0.319 e. The van der Waals surface area contributed by atoms with Crippen LogP contribution in [0.3, 0.4) is 0 Å². The number of nitrogens with one attached hydrogen (secondary N) is 2. The minimum atomic E-state index is -0.319. The molecule has 0 saturated heterocycles. The van der Waals surface area contributed by atoms with Crippen LogP contribution in [-0.2, 0) is 13.0 Å². The summed E-state index contributed by atoms with van der Waals surface area (Å²) in [5.41, 5.74) is 7.76. The van der Waals surface area contributed by atoms with Gasteiger partial charge in [-0.25, -0.2) is 9.18 Å². The van der Waals surface area contributed by atoms with Crippen molar-refractivity contribution < 1.29 is 9.18 Å². The third-order valence-corrected chi connectivity index (χ3v) is 3.06. The Morgan fingerprint density at radius 3 is 2.71 bits per heavy atom. The minimum absolute atomic E-state index is 0.254. The van der Waals surface area contributed by atoms with E-state index in [1.165, 1.54) is 6.07 Å². The second-order valence-electron chi connectivity index (χ2n) is 4.63. The van der Waals surface area contributed by atoms with Crippen molar-refractivity contribution in [1.82, 2.24) is 5.32 Å². The summed E-state index contributed by atoms with van der Waals surface area (Å²) in [5, 5.41) is 5.41. The molecule has 0 bridgehead atoms. The number of amides is 2. The highest BCUT2D eigenvalue weighted by Crippen LogP contribution is 2.10. The second-order valence-corrected chi connectivity index (χ2v) is 4.63. The summed E-state index contributed by atoms with van der Waals surface area (Å²) in [6.07, 6.45) is 0.447. The Morgan fingerprint density at radius 1 is 1.14 bits per heavy atom. The lowest BCUT2D eigenvalue weighted by molar-refractivity contribution is 0.252. The molecule has 2 aromatic carbocycles. The molecular weight excluding hydrogens is 269 g/mol. The standard InChI is InChI=1S/C16H18FN3O/c17-15-7-2-1-5-13(15)8-9-19-16(21)20-14-6-3-4-12(10-14)11-18/h1-7,10H,8-9,11,18H2,(H2,19,20,21). The van der Waals surface area contributed by atoms with Crippen molar-refractivity contribution in [2.24, 2.45) is 5.73 Å². The fourth-order valence-corrected chi connectivity index (χ4v) is 1.96. The fraction of sp³-hybridized carbons (Fsp3) is 0.188. The molecule has 2 rings (SSSR count). The first-order chi connectivity index (χ1) is 10.2. The van der Waals surface area contributed by atoms with E-state index < -0.39 is 0 Å². The summed E-state index contributed by atoms with van der Waals surface area (Å²) < 4.78 is 13.4. The molecule has 0 unspecified atom stereocenters. The van der Waals surface area contributed by atoms with Gasteiger partial charge in [0.05, 0.1) is 0 Å². The normalized spacial score (nSPS) is 10.2. The smallest absolute Gasteiger partial charge is 0.319 e. The number of benzene rings is 2. The van der Waals surface area contributed by atoms with Gasteiger partial charge in [0.1, 0.15) is 5.82 Å². The molecular formula is C16H18FN3O. The molecule has 0 spiro atoms. The van der Waals surface area contributed by atoms with Crippen molar-refractivity contribution in [1.29, 1.82) is 0 Å². The summed E-state index contributed by atoms with van der Waals surface area (Å²) in [6.45, 7) is 0.785. The highest BCUT2D eigenvalue weighted by molar-refractivity contribution is 5.89. The van der Waals surface area contributed by atoms with Crippen LogP contribution in [0.4, 0.5) is 14.9 Å². The van der Waals surface area contributed by atoms with E-state index in [0.717, 1.165) is 5.56 Å². The van der Waals surface area contributed by atoms with Crippen LogP contribution in [0.15, 0.2) is 48.5 Å². The van der Waals surface area contributed by atoms with Gasteiger partial charge in [-0.2, -0.15) is 0 Å². The molecule has 0 saturated carbocycles. The predicted molar refractivity (Wildman–Crippen MR) is 81.5 cm³/mol. The Hall–Kier alpha value is -2.40. The zero-order valence-electron chi connectivity index (χ0n) is 11.6. The van der Waals surface area contributed by atoms with Gasteiger partial charge >= 0.3 is 6.03 Å². The molecule has 21 heavy (non-hydrogen) atoms. The van der Waals surface area contributed by atoms with E-state index in [2.05, 4.69) is 10.6 Å². The SMILES string of the molecule is NCc1cccc(NC(=O)NCCc2ccccc2F)c1. The molecule has 2 amide bonds. The maximum atomic E-state index is 13.4. The number of carbonyl (C=O) groups is 1. The second kappa shape index (κ2) is 7.40. The molecule has 0 fully saturated rings. The average Bonchev–Trinajstić information content (AvgIpc) is 2.49. The number of urea groups is 1. The Morgan fingerprint density at radius 2 is 1.95 bits per heavy atom. The number of hydrogen-bond donors (Lipinski definition) is 3. The van der Waals surface area contributed by atoms with E-state index in [4.69, 9.17) is 5.73 Å². The van der Waals surface area contributed by atoms with Gasteiger partial charge in [-0.3, -0.25) is 0 Å². The van der Waals surface area contributed by atoms with E-state index in [1.54, 1.807) is 24.3 Å². The number of rotatable bonds is 5. The number of anilines is 1. The van der Waals surface area contributed by atoms with Crippen LogP contribution in [0.2, 0.25) is 0 Å². The van der Waals surface area contributed by atoms with E-state index in [-0.39, 0.29) is 11.8 Å². The van der Waals surface area contributed by atoms with Gasteiger partial charge in [-0.1, -0.05) is 30.3 Å². The maximum absolute atomic E-state index is 13.4. The molecule has 4 N–H and O–H groups in total. The van der Waals surface area contributed by atoms with Crippen LogP contribution in [0.1, 0.15) is 11.1 Å². The quantitative estimate of drug-likeness (QED) is 0.791. The van der Waals surface area contributed by atoms with Crippen molar-refractivity contribution >= 4 is 11.7 Å². The minimum Gasteiger partial charge on any atom is -0.338 e. The lowest BCUT2D eigenvalue weighted by Crippen LogP contribution is -2.30. The topological polar surface area (TPSA) is 67.1 Å². The number of halogens is 1. The third-order valence-electron chi connectivity index (χ3n) is 3.06. The van der Waals surface area contributed by atoms with E-state index in [1.807, 2.05) is 18.2 Å². The zero-order chi connectivity index (χ0) is 15.1. The Kier molecular flexibility index (Phi) is 5.29. The number of carbonyl (C=O) groups excluding carboxylic acids is 1. The van der Waals surface area contributed by atoms with Gasteiger partial charge in [0.25, 0.3) is 0 Å². The van der Waals surface area contributed by atoms with Crippen LogP contribution in [0.5, 0.6) is 0 Å². The summed E-state index contributed by atoms with van der Waals surface area (Å²) in [5.74, 6) is -0.254. The molecule has 0 aliphatic carbocycles. The molecule has 2 aromatic rings. The lowest BCUT2D eigenvalue weighted by atomic mass is 10.1. The molecule has 0 aliphatic heterocycles.